The van der Waals surface area contributed by atoms with Crippen LogP contribution in [-0.2, 0) is 6.54 Å². The van der Waals surface area contributed by atoms with Gasteiger partial charge in [0.25, 0.3) is 0 Å². The van der Waals surface area contributed by atoms with Gasteiger partial charge in [-0.25, -0.2) is 9.97 Å². The van der Waals surface area contributed by atoms with Crippen LogP contribution in [0.3, 0.4) is 0 Å². The van der Waals surface area contributed by atoms with Gasteiger partial charge in [-0.1, -0.05) is 29.8 Å². The van der Waals surface area contributed by atoms with E-state index in [2.05, 4.69) is 15.3 Å². The van der Waals surface area contributed by atoms with Crippen LogP contribution in [0.5, 0.6) is 5.75 Å². The van der Waals surface area contributed by atoms with Crippen molar-refractivity contribution in [2.45, 2.75) is 6.54 Å². The summed E-state index contributed by atoms with van der Waals surface area (Å²) in [7, 11) is 1.65. The summed E-state index contributed by atoms with van der Waals surface area (Å²) in [6.07, 6.45) is 3.11. The Labute approximate surface area is 105 Å². The Morgan fingerprint density at radius 1 is 1.24 bits per heavy atom. The fourth-order valence-electron chi connectivity index (χ4n) is 1.43. The number of hydrogen-bond donors (Lipinski definition) is 1. The third-order valence-electron chi connectivity index (χ3n) is 2.25. The molecule has 1 aromatic carbocycles. The number of aromatic nitrogens is 2. The van der Waals surface area contributed by atoms with Gasteiger partial charge in [0.05, 0.1) is 24.5 Å². The number of halogens is 1. The highest BCUT2D eigenvalue weighted by atomic mass is 35.5. The minimum atomic E-state index is 0.521. The standard InChI is InChI=1S/C12H12ClN3O/c1-17-11-5-3-2-4-9(11)6-14-12-15-7-10(13)8-16-12/h2-5,7-8H,6H2,1H3,(H,14,15,16). The molecule has 1 N–H and O–H groups in total. The number of hydrogen-bond acceptors (Lipinski definition) is 4. The molecule has 0 saturated carbocycles. The maximum absolute atomic E-state index is 5.70. The highest BCUT2D eigenvalue weighted by Crippen LogP contribution is 2.18. The number of methoxy groups -OCH3 is 1. The van der Waals surface area contributed by atoms with Gasteiger partial charge in [-0.3, -0.25) is 0 Å². The minimum absolute atomic E-state index is 0.521. The Kier molecular flexibility index (Phi) is 3.77. The maximum Gasteiger partial charge on any atom is 0.222 e. The van der Waals surface area contributed by atoms with E-state index < -0.39 is 0 Å². The lowest BCUT2D eigenvalue weighted by Crippen LogP contribution is -2.04. The highest BCUT2D eigenvalue weighted by Gasteiger charge is 2.02. The van der Waals surface area contributed by atoms with Gasteiger partial charge in [0, 0.05) is 12.1 Å². The second kappa shape index (κ2) is 5.50. The van der Waals surface area contributed by atoms with Gasteiger partial charge in [0.2, 0.25) is 5.95 Å². The minimum Gasteiger partial charge on any atom is -0.496 e. The van der Waals surface area contributed by atoms with Crippen LogP contribution in [0, 0.1) is 0 Å². The molecule has 0 spiro atoms. The molecule has 5 heteroatoms. The summed E-state index contributed by atoms with van der Waals surface area (Å²) in [4.78, 5) is 8.11. The van der Waals surface area contributed by atoms with Crippen LogP contribution in [0.1, 0.15) is 5.56 Å². The van der Waals surface area contributed by atoms with E-state index in [9.17, 15) is 0 Å². The third kappa shape index (κ3) is 3.07. The van der Waals surface area contributed by atoms with E-state index >= 15 is 0 Å². The van der Waals surface area contributed by atoms with E-state index in [1.165, 1.54) is 0 Å². The van der Waals surface area contributed by atoms with Crippen molar-refractivity contribution in [2.75, 3.05) is 12.4 Å². The number of para-hydroxylation sites is 1. The molecular weight excluding hydrogens is 238 g/mol. The predicted molar refractivity (Wildman–Crippen MR) is 67.4 cm³/mol. The van der Waals surface area contributed by atoms with Crippen LogP contribution in [0.25, 0.3) is 0 Å². The SMILES string of the molecule is COc1ccccc1CNc1ncc(Cl)cn1. The van der Waals surface area contributed by atoms with E-state index in [4.69, 9.17) is 16.3 Å². The topological polar surface area (TPSA) is 47.0 Å². The molecule has 88 valence electrons. The van der Waals surface area contributed by atoms with Crippen molar-refractivity contribution in [1.29, 1.82) is 0 Å². The molecule has 1 heterocycles. The number of rotatable bonds is 4. The van der Waals surface area contributed by atoms with E-state index in [-0.39, 0.29) is 0 Å². The molecule has 0 saturated heterocycles. The van der Waals surface area contributed by atoms with E-state index in [0.717, 1.165) is 11.3 Å². The van der Waals surface area contributed by atoms with E-state index in [1.807, 2.05) is 24.3 Å². The number of nitrogens with one attached hydrogen (secondary N) is 1. The fourth-order valence-corrected chi connectivity index (χ4v) is 1.52. The molecule has 0 fully saturated rings. The zero-order valence-corrected chi connectivity index (χ0v) is 10.1. The average Bonchev–Trinajstić information content (AvgIpc) is 2.38. The molecule has 17 heavy (non-hydrogen) atoms. The normalized spacial score (nSPS) is 10.0. The Morgan fingerprint density at radius 3 is 2.65 bits per heavy atom. The number of anilines is 1. The molecule has 0 aliphatic heterocycles. The third-order valence-corrected chi connectivity index (χ3v) is 2.44. The molecular formula is C12H12ClN3O. The van der Waals surface area contributed by atoms with Crippen LogP contribution in [0.2, 0.25) is 5.02 Å². The maximum atomic E-state index is 5.70. The Morgan fingerprint density at radius 2 is 1.94 bits per heavy atom. The zero-order chi connectivity index (χ0) is 12.1. The lowest BCUT2D eigenvalue weighted by molar-refractivity contribution is 0.410. The summed E-state index contributed by atoms with van der Waals surface area (Å²) in [5, 5.41) is 3.62. The molecule has 0 bridgehead atoms. The molecule has 2 rings (SSSR count). The first-order valence-corrected chi connectivity index (χ1v) is 5.50. The highest BCUT2D eigenvalue weighted by molar-refractivity contribution is 6.30. The summed E-state index contributed by atoms with van der Waals surface area (Å²) < 4.78 is 5.25. The van der Waals surface area contributed by atoms with Crippen molar-refractivity contribution >= 4 is 17.5 Å². The Bertz CT molecular complexity index is 487. The molecule has 0 aliphatic rings. The van der Waals surface area contributed by atoms with Gasteiger partial charge in [0.1, 0.15) is 5.75 Å². The molecule has 0 atom stereocenters. The van der Waals surface area contributed by atoms with Gasteiger partial charge in [-0.05, 0) is 6.07 Å². The molecule has 1 aromatic heterocycles. The van der Waals surface area contributed by atoms with Crippen LogP contribution < -0.4 is 10.1 Å². The van der Waals surface area contributed by atoms with Crippen molar-refractivity contribution in [2.24, 2.45) is 0 Å². The second-order valence-corrected chi connectivity index (χ2v) is 3.83. The van der Waals surface area contributed by atoms with Gasteiger partial charge < -0.3 is 10.1 Å². The molecule has 0 amide bonds. The summed E-state index contributed by atoms with van der Waals surface area (Å²) in [5.74, 6) is 1.38. The van der Waals surface area contributed by atoms with Gasteiger partial charge in [0.15, 0.2) is 0 Å². The van der Waals surface area contributed by atoms with Gasteiger partial charge >= 0.3 is 0 Å². The van der Waals surface area contributed by atoms with Crippen LogP contribution in [0.4, 0.5) is 5.95 Å². The van der Waals surface area contributed by atoms with Gasteiger partial charge in [-0.2, -0.15) is 0 Å². The first-order valence-electron chi connectivity index (χ1n) is 5.13. The second-order valence-electron chi connectivity index (χ2n) is 3.39. The quantitative estimate of drug-likeness (QED) is 0.905. The molecule has 4 nitrogen and oxygen atoms in total. The van der Waals surface area contributed by atoms with Crippen molar-refractivity contribution in [1.82, 2.24) is 9.97 Å². The first kappa shape index (κ1) is 11.7. The molecule has 0 aliphatic carbocycles. The molecule has 0 radical (unpaired) electrons. The average molecular weight is 250 g/mol. The number of nitrogens with zero attached hydrogens (tertiary/aromatic N) is 2. The van der Waals surface area contributed by atoms with E-state index in [0.29, 0.717) is 17.5 Å². The summed E-state index contributed by atoms with van der Waals surface area (Å²) in [6.45, 7) is 0.603. The monoisotopic (exact) mass is 249 g/mol. The van der Waals surface area contributed by atoms with Gasteiger partial charge in [-0.15, -0.1) is 0 Å². The summed E-state index contributed by atoms with van der Waals surface area (Å²) >= 11 is 5.70. The molecule has 0 unspecified atom stereocenters. The smallest absolute Gasteiger partial charge is 0.222 e. The van der Waals surface area contributed by atoms with Crippen molar-refractivity contribution < 1.29 is 4.74 Å². The molecule has 2 aromatic rings. The van der Waals surface area contributed by atoms with Crippen LogP contribution in [0.15, 0.2) is 36.7 Å². The Hall–Kier alpha value is -1.81. The van der Waals surface area contributed by atoms with Crippen molar-refractivity contribution in [3.63, 3.8) is 0 Å². The Balaban J connectivity index is 2.04. The van der Waals surface area contributed by atoms with Crippen molar-refractivity contribution in [3.05, 3.63) is 47.2 Å². The number of ether oxygens (including phenoxy) is 1. The number of benzene rings is 1. The largest absolute Gasteiger partial charge is 0.496 e. The zero-order valence-electron chi connectivity index (χ0n) is 9.35. The van der Waals surface area contributed by atoms with Crippen LogP contribution >= 0.6 is 11.6 Å². The first-order chi connectivity index (χ1) is 8.29. The summed E-state index contributed by atoms with van der Waals surface area (Å²) in [5.41, 5.74) is 1.05. The fraction of sp³-hybridized carbons (Fsp3) is 0.167. The van der Waals surface area contributed by atoms with Crippen LogP contribution in [-0.4, -0.2) is 17.1 Å². The lowest BCUT2D eigenvalue weighted by atomic mass is 10.2. The van der Waals surface area contributed by atoms with E-state index in [1.54, 1.807) is 19.5 Å². The van der Waals surface area contributed by atoms with Crippen molar-refractivity contribution in [3.8, 4) is 5.75 Å². The lowest BCUT2D eigenvalue weighted by Gasteiger charge is -2.08. The predicted octanol–water partition coefficient (Wildman–Crippen LogP) is 2.75. The summed E-state index contributed by atoms with van der Waals surface area (Å²) in [6, 6.07) is 7.80.